The maximum atomic E-state index is 13.5. The van der Waals surface area contributed by atoms with E-state index in [1.807, 2.05) is 0 Å². The van der Waals surface area contributed by atoms with Crippen molar-refractivity contribution in [3.05, 3.63) is 35.4 Å². The summed E-state index contributed by atoms with van der Waals surface area (Å²) in [5.74, 6) is -0.964. The van der Waals surface area contributed by atoms with Crippen molar-refractivity contribution in [3.63, 3.8) is 0 Å². The van der Waals surface area contributed by atoms with Crippen molar-refractivity contribution in [2.24, 2.45) is 11.1 Å². The van der Waals surface area contributed by atoms with Gasteiger partial charge in [0.05, 0.1) is 0 Å². The van der Waals surface area contributed by atoms with Crippen LogP contribution in [0.25, 0.3) is 0 Å². The van der Waals surface area contributed by atoms with Crippen LogP contribution in [0, 0.1) is 17.0 Å². The molecule has 16 heavy (non-hydrogen) atoms. The zero-order valence-corrected chi connectivity index (χ0v) is 9.31. The first-order valence-electron chi connectivity index (χ1n) is 5.79. The van der Waals surface area contributed by atoms with Gasteiger partial charge in [0.2, 0.25) is 0 Å². The second kappa shape index (κ2) is 4.50. The molecule has 1 aromatic rings. The second-order valence-electron chi connectivity index (χ2n) is 4.82. The normalized spacial score (nSPS) is 18.9. The SMILES string of the molecule is NCC1(Cc2ccc(F)cc2F)CCCC1. The van der Waals surface area contributed by atoms with Gasteiger partial charge in [0.1, 0.15) is 11.6 Å². The lowest BCUT2D eigenvalue weighted by Gasteiger charge is -2.27. The molecule has 0 heterocycles. The summed E-state index contributed by atoms with van der Waals surface area (Å²) < 4.78 is 26.3. The van der Waals surface area contributed by atoms with Crippen molar-refractivity contribution in [1.29, 1.82) is 0 Å². The molecule has 0 radical (unpaired) electrons. The second-order valence-corrected chi connectivity index (χ2v) is 4.82. The van der Waals surface area contributed by atoms with E-state index in [9.17, 15) is 8.78 Å². The Hall–Kier alpha value is -0.960. The smallest absolute Gasteiger partial charge is 0.129 e. The lowest BCUT2D eigenvalue weighted by atomic mass is 9.80. The molecule has 1 saturated carbocycles. The third kappa shape index (κ3) is 2.24. The Balaban J connectivity index is 2.19. The zero-order valence-electron chi connectivity index (χ0n) is 9.31. The quantitative estimate of drug-likeness (QED) is 0.840. The minimum atomic E-state index is -0.519. The number of hydrogen-bond acceptors (Lipinski definition) is 1. The van der Waals surface area contributed by atoms with Crippen molar-refractivity contribution < 1.29 is 8.78 Å². The van der Waals surface area contributed by atoms with Gasteiger partial charge in [-0.2, -0.15) is 0 Å². The first-order valence-corrected chi connectivity index (χ1v) is 5.79. The Labute approximate surface area is 94.7 Å². The molecule has 1 aliphatic rings. The minimum Gasteiger partial charge on any atom is -0.330 e. The highest BCUT2D eigenvalue weighted by molar-refractivity contribution is 5.20. The number of nitrogens with two attached hydrogens (primary N) is 1. The molecular weight excluding hydrogens is 208 g/mol. The van der Waals surface area contributed by atoms with Crippen molar-refractivity contribution >= 4 is 0 Å². The highest BCUT2D eigenvalue weighted by Crippen LogP contribution is 2.40. The maximum Gasteiger partial charge on any atom is 0.129 e. The van der Waals surface area contributed by atoms with Gasteiger partial charge in [-0.3, -0.25) is 0 Å². The Morgan fingerprint density at radius 1 is 1.19 bits per heavy atom. The zero-order chi connectivity index (χ0) is 11.6. The third-order valence-electron chi connectivity index (χ3n) is 3.68. The van der Waals surface area contributed by atoms with E-state index < -0.39 is 11.6 Å². The lowest BCUT2D eigenvalue weighted by Crippen LogP contribution is -2.30. The molecule has 1 aliphatic carbocycles. The number of halogens is 2. The molecule has 0 amide bonds. The largest absolute Gasteiger partial charge is 0.330 e. The monoisotopic (exact) mass is 225 g/mol. The molecule has 0 aliphatic heterocycles. The topological polar surface area (TPSA) is 26.0 Å². The lowest BCUT2D eigenvalue weighted by molar-refractivity contribution is 0.302. The Morgan fingerprint density at radius 3 is 2.44 bits per heavy atom. The molecule has 2 N–H and O–H groups in total. The van der Waals surface area contributed by atoms with Gasteiger partial charge in [0, 0.05) is 6.07 Å². The molecule has 0 saturated heterocycles. The average Bonchev–Trinajstić information content (AvgIpc) is 2.72. The fourth-order valence-corrected chi connectivity index (χ4v) is 2.65. The van der Waals surface area contributed by atoms with Crippen LogP contribution < -0.4 is 5.73 Å². The third-order valence-corrected chi connectivity index (χ3v) is 3.68. The first-order chi connectivity index (χ1) is 7.65. The summed E-state index contributed by atoms with van der Waals surface area (Å²) in [5, 5.41) is 0. The van der Waals surface area contributed by atoms with E-state index in [2.05, 4.69) is 0 Å². The highest BCUT2D eigenvalue weighted by Gasteiger charge is 2.33. The van der Waals surface area contributed by atoms with Crippen LogP contribution >= 0.6 is 0 Å². The van der Waals surface area contributed by atoms with Crippen molar-refractivity contribution in [1.82, 2.24) is 0 Å². The molecule has 0 unspecified atom stereocenters. The molecule has 1 nitrogen and oxygen atoms in total. The van der Waals surface area contributed by atoms with Gasteiger partial charge in [-0.1, -0.05) is 18.9 Å². The van der Waals surface area contributed by atoms with Gasteiger partial charge in [0.15, 0.2) is 0 Å². The highest BCUT2D eigenvalue weighted by atomic mass is 19.1. The summed E-state index contributed by atoms with van der Waals surface area (Å²) in [6.45, 7) is 0.587. The maximum absolute atomic E-state index is 13.5. The van der Waals surface area contributed by atoms with Crippen molar-refractivity contribution in [2.75, 3.05) is 6.54 Å². The van der Waals surface area contributed by atoms with Crippen molar-refractivity contribution in [3.8, 4) is 0 Å². The van der Waals surface area contributed by atoms with Gasteiger partial charge in [-0.25, -0.2) is 8.78 Å². The number of hydrogen-bond donors (Lipinski definition) is 1. The summed E-state index contributed by atoms with van der Waals surface area (Å²) in [6.07, 6.45) is 5.08. The van der Waals surface area contributed by atoms with Crippen molar-refractivity contribution in [2.45, 2.75) is 32.1 Å². The van der Waals surface area contributed by atoms with Crippen LogP contribution in [-0.2, 0) is 6.42 Å². The first kappa shape index (κ1) is 11.5. The Morgan fingerprint density at radius 2 is 1.88 bits per heavy atom. The molecule has 0 aromatic heterocycles. The molecular formula is C13H17F2N. The standard InChI is InChI=1S/C13H17F2N/c14-11-4-3-10(12(15)7-11)8-13(9-16)5-1-2-6-13/h3-4,7H,1-2,5-6,8-9,16H2. The molecule has 0 atom stereocenters. The van der Waals surface area contributed by atoms with Gasteiger partial charge in [-0.05, 0) is 42.9 Å². The molecule has 1 fully saturated rings. The molecule has 0 bridgehead atoms. The van der Waals surface area contributed by atoms with E-state index in [0.717, 1.165) is 18.9 Å². The van der Waals surface area contributed by atoms with Gasteiger partial charge in [0.25, 0.3) is 0 Å². The van der Waals surface area contributed by atoms with E-state index in [4.69, 9.17) is 5.73 Å². The van der Waals surface area contributed by atoms with Crippen LogP contribution in [0.3, 0.4) is 0 Å². The van der Waals surface area contributed by atoms with Crippen LogP contribution in [0.2, 0.25) is 0 Å². The fraction of sp³-hybridized carbons (Fsp3) is 0.538. The summed E-state index contributed by atoms with van der Waals surface area (Å²) in [6, 6.07) is 3.81. The molecule has 1 aromatic carbocycles. The van der Waals surface area contributed by atoms with Gasteiger partial charge < -0.3 is 5.73 Å². The molecule has 3 heteroatoms. The summed E-state index contributed by atoms with van der Waals surface area (Å²) in [5.41, 5.74) is 6.43. The van der Waals surface area contributed by atoms with Crippen LogP contribution in [0.4, 0.5) is 8.78 Å². The summed E-state index contributed by atoms with van der Waals surface area (Å²) in [7, 11) is 0. The Kier molecular flexibility index (Phi) is 3.24. The fourth-order valence-electron chi connectivity index (χ4n) is 2.65. The van der Waals surface area contributed by atoms with E-state index >= 15 is 0 Å². The van der Waals surface area contributed by atoms with Gasteiger partial charge >= 0.3 is 0 Å². The van der Waals surface area contributed by atoms with Crippen LogP contribution in [0.15, 0.2) is 18.2 Å². The Bertz CT molecular complexity index is 370. The molecule has 0 spiro atoms. The van der Waals surface area contributed by atoms with E-state index in [0.29, 0.717) is 18.5 Å². The van der Waals surface area contributed by atoms with Crippen LogP contribution in [0.1, 0.15) is 31.2 Å². The summed E-state index contributed by atoms with van der Waals surface area (Å²) in [4.78, 5) is 0. The molecule has 88 valence electrons. The van der Waals surface area contributed by atoms with Crippen LogP contribution in [0.5, 0.6) is 0 Å². The van der Waals surface area contributed by atoms with Crippen LogP contribution in [-0.4, -0.2) is 6.54 Å². The number of rotatable bonds is 3. The predicted molar refractivity (Wildman–Crippen MR) is 60.0 cm³/mol. The minimum absolute atomic E-state index is 0.0403. The van der Waals surface area contributed by atoms with E-state index in [-0.39, 0.29) is 5.41 Å². The predicted octanol–water partition coefficient (Wildman–Crippen LogP) is 3.03. The van der Waals surface area contributed by atoms with Gasteiger partial charge in [-0.15, -0.1) is 0 Å². The van der Waals surface area contributed by atoms with E-state index in [1.165, 1.54) is 18.9 Å². The average molecular weight is 225 g/mol. The number of benzene rings is 1. The summed E-state index contributed by atoms with van der Waals surface area (Å²) >= 11 is 0. The van der Waals surface area contributed by atoms with E-state index in [1.54, 1.807) is 6.07 Å². The molecule has 2 rings (SSSR count).